The zero-order chi connectivity index (χ0) is 15.4. The van der Waals surface area contributed by atoms with Crippen molar-refractivity contribution in [3.8, 4) is 11.5 Å². The Hall–Kier alpha value is -2.56. The van der Waals surface area contributed by atoms with Gasteiger partial charge in [0.25, 0.3) is 0 Å². The second kappa shape index (κ2) is 6.26. The van der Waals surface area contributed by atoms with E-state index in [1.807, 2.05) is 0 Å². The predicted octanol–water partition coefficient (Wildman–Crippen LogP) is 2.92. The number of hydrogen-bond acceptors (Lipinski definition) is 5. The minimum atomic E-state index is -0.171. The lowest BCUT2D eigenvalue weighted by Crippen LogP contribution is -2.05. The maximum absolute atomic E-state index is 12.3. The summed E-state index contributed by atoms with van der Waals surface area (Å²) in [6, 6.07) is 8.19. The van der Waals surface area contributed by atoms with E-state index in [9.17, 15) is 9.59 Å². The summed E-state index contributed by atoms with van der Waals surface area (Å²) in [6.07, 6.45) is 0.0654. The molecule has 0 aliphatic rings. The van der Waals surface area contributed by atoms with Gasteiger partial charge in [-0.25, -0.2) is 0 Å². The number of rotatable bonds is 6. The first-order valence-electron chi connectivity index (χ1n) is 6.40. The quantitative estimate of drug-likeness (QED) is 0.765. The van der Waals surface area contributed by atoms with Gasteiger partial charge in [0.1, 0.15) is 17.3 Å². The third-order valence-corrected chi connectivity index (χ3v) is 3.05. The van der Waals surface area contributed by atoms with Crippen LogP contribution in [0, 0.1) is 0 Å². The molecule has 0 unspecified atom stereocenters. The molecule has 1 heterocycles. The summed E-state index contributed by atoms with van der Waals surface area (Å²) in [5.74, 6) is 1.43. The summed E-state index contributed by atoms with van der Waals surface area (Å²) in [5.41, 5.74) is 0.444. The third kappa shape index (κ3) is 3.31. The smallest absolute Gasteiger partial charge is 0.194 e. The Bertz CT molecular complexity index is 669. The molecule has 0 atom stereocenters. The fraction of sp³-hybridized carbons (Fsp3) is 0.250. The highest BCUT2D eigenvalue weighted by atomic mass is 16.5. The maximum Gasteiger partial charge on any atom is 0.194 e. The van der Waals surface area contributed by atoms with Gasteiger partial charge >= 0.3 is 0 Å². The Kier molecular flexibility index (Phi) is 4.42. The number of carbonyl (C=O) groups is 2. The van der Waals surface area contributed by atoms with Crippen molar-refractivity contribution in [3.05, 3.63) is 47.4 Å². The van der Waals surface area contributed by atoms with E-state index in [4.69, 9.17) is 13.9 Å². The van der Waals surface area contributed by atoms with Crippen molar-refractivity contribution in [2.75, 3.05) is 14.2 Å². The Morgan fingerprint density at radius 3 is 2.43 bits per heavy atom. The second-order valence-electron chi connectivity index (χ2n) is 4.49. The Morgan fingerprint density at radius 2 is 1.86 bits per heavy atom. The molecule has 2 aromatic rings. The lowest BCUT2D eigenvalue weighted by Gasteiger charge is -2.09. The maximum atomic E-state index is 12.3. The van der Waals surface area contributed by atoms with Gasteiger partial charge in [0.05, 0.1) is 26.2 Å². The van der Waals surface area contributed by atoms with Gasteiger partial charge in [-0.1, -0.05) is 0 Å². The summed E-state index contributed by atoms with van der Waals surface area (Å²) in [4.78, 5) is 23.5. The molecule has 0 saturated heterocycles. The van der Waals surface area contributed by atoms with Crippen molar-refractivity contribution in [1.29, 1.82) is 0 Å². The normalized spacial score (nSPS) is 10.2. The van der Waals surface area contributed by atoms with Crippen LogP contribution in [-0.2, 0) is 6.42 Å². The number of Topliss-reactive ketones (excluding diaryl/α,β-unsaturated/α-hetero) is 2. The standard InChI is InChI=1S/C16H16O5/c1-10(17)15-7-5-12(21-15)8-14(18)13-6-4-11(19-2)9-16(13)20-3/h4-7,9H,8H2,1-3H3. The van der Waals surface area contributed by atoms with E-state index in [1.54, 1.807) is 37.4 Å². The topological polar surface area (TPSA) is 65.7 Å². The summed E-state index contributed by atoms with van der Waals surface area (Å²) < 4.78 is 15.6. The van der Waals surface area contributed by atoms with Gasteiger partial charge < -0.3 is 13.9 Å². The SMILES string of the molecule is COc1ccc(C(=O)Cc2ccc(C(C)=O)o2)c(OC)c1. The molecule has 2 rings (SSSR count). The average Bonchev–Trinajstić information content (AvgIpc) is 2.95. The van der Waals surface area contributed by atoms with Gasteiger partial charge in [-0.3, -0.25) is 9.59 Å². The number of methoxy groups -OCH3 is 2. The van der Waals surface area contributed by atoms with Crippen LogP contribution >= 0.6 is 0 Å². The molecule has 0 radical (unpaired) electrons. The van der Waals surface area contributed by atoms with Gasteiger partial charge in [-0.2, -0.15) is 0 Å². The van der Waals surface area contributed by atoms with Crippen molar-refractivity contribution in [1.82, 2.24) is 0 Å². The van der Waals surface area contributed by atoms with Crippen LogP contribution in [0.2, 0.25) is 0 Å². The molecule has 5 nitrogen and oxygen atoms in total. The third-order valence-electron chi connectivity index (χ3n) is 3.05. The summed E-state index contributed by atoms with van der Waals surface area (Å²) >= 11 is 0. The number of ketones is 2. The van der Waals surface area contributed by atoms with Gasteiger partial charge in [0.15, 0.2) is 17.3 Å². The van der Waals surface area contributed by atoms with Crippen molar-refractivity contribution in [2.24, 2.45) is 0 Å². The molecule has 0 aliphatic heterocycles. The number of benzene rings is 1. The van der Waals surface area contributed by atoms with E-state index < -0.39 is 0 Å². The number of furan rings is 1. The van der Waals surface area contributed by atoms with Gasteiger partial charge in [0, 0.05) is 13.0 Å². The molecule has 0 saturated carbocycles. The Morgan fingerprint density at radius 1 is 1.10 bits per heavy atom. The Labute approximate surface area is 122 Å². The van der Waals surface area contributed by atoms with E-state index in [0.29, 0.717) is 22.8 Å². The molecule has 1 aromatic carbocycles. The number of ether oxygens (including phenoxy) is 2. The number of hydrogen-bond donors (Lipinski definition) is 0. The molecule has 5 heteroatoms. The van der Waals surface area contributed by atoms with Crippen LogP contribution in [0.4, 0.5) is 0 Å². The molecule has 0 amide bonds. The van der Waals surface area contributed by atoms with Gasteiger partial charge in [0.2, 0.25) is 0 Å². The van der Waals surface area contributed by atoms with Crippen LogP contribution in [0.1, 0.15) is 33.6 Å². The minimum Gasteiger partial charge on any atom is -0.497 e. The van der Waals surface area contributed by atoms with Crippen molar-refractivity contribution < 1.29 is 23.5 Å². The van der Waals surface area contributed by atoms with E-state index in [1.165, 1.54) is 14.0 Å². The van der Waals surface area contributed by atoms with Crippen molar-refractivity contribution >= 4 is 11.6 Å². The lowest BCUT2D eigenvalue weighted by atomic mass is 10.1. The van der Waals surface area contributed by atoms with Crippen molar-refractivity contribution in [3.63, 3.8) is 0 Å². The first-order valence-corrected chi connectivity index (χ1v) is 6.40. The lowest BCUT2D eigenvalue weighted by molar-refractivity contribution is 0.0961. The zero-order valence-corrected chi connectivity index (χ0v) is 12.1. The van der Waals surface area contributed by atoms with E-state index in [-0.39, 0.29) is 23.7 Å². The molecule has 0 spiro atoms. The summed E-state index contributed by atoms with van der Waals surface area (Å²) in [6.45, 7) is 1.41. The van der Waals surface area contributed by atoms with Gasteiger partial charge in [-0.15, -0.1) is 0 Å². The van der Waals surface area contributed by atoms with Crippen LogP contribution in [0.5, 0.6) is 11.5 Å². The van der Waals surface area contributed by atoms with Gasteiger partial charge in [-0.05, 0) is 24.3 Å². The summed E-state index contributed by atoms with van der Waals surface area (Å²) in [7, 11) is 3.04. The molecular formula is C16H16O5. The molecule has 0 N–H and O–H groups in total. The number of carbonyl (C=O) groups excluding carboxylic acids is 2. The average molecular weight is 288 g/mol. The molecular weight excluding hydrogens is 272 g/mol. The highest BCUT2D eigenvalue weighted by Gasteiger charge is 2.16. The van der Waals surface area contributed by atoms with E-state index >= 15 is 0 Å². The first kappa shape index (κ1) is 14.8. The summed E-state index contributed by atoms with van der Waals surface area (Å²) in [5, 5.41) is 0. The van der Waals surface area contributed by atoms with Crippen LogP contribution in [0.15, 0.2) is 34.7 Å². The van der Waals surface area contributed by atoms with Crippen LogP contribution < -0.4 is 9.47 Å². The van der Waals surface area contributed by atoms with Crippen LogP contribution in [0.3, 0.4) is 0 Å². The predicted molar refractivity (Wildman–Crippen MR) is 76.3 cm³/mol. The monoisotopic (exact) mass is 288 g/mol. The van der Waals surface area contributed by atoms with Crippen molar-refractivity contribution in [2.45, 2.75) is 13.3 Å². The van der Waals surface area contributed by atoms with E-state index in [0.717, 1.165) is 0 Å². The highest BCUT2D eigenvalue weighted by Crippen LogP contribution is 2.26. The zero-order valence-electron chi connectivity index (χ0n) is 12.1. The van der Waals surface area contributed by atoms with Crippen LogP contribution in [-0.4, -0.2) is 25.8 Å². The second-order valence-corrected chi connectivity index (χ2v) is 4.49. The first-order chi connectivity index (χ1) is 10.0. The van der Waals surface area contributed by atoms with Crippen LogP contribution in [0.25, 0.3) is 0 Å². The molecule has 0 fully saturated rings. The largest absolute Gasteiger partial charge is 0.497 e. The molecule has 110 valence electrons. The fourth-order valence-corrected chi connectivity index (χ4v) is 1.94. The minimum absolute atomic E-state index is 0.0654. The molecule has 0 bridgehead atoms. The Balaban J connectivity index is 2.21. The molecule has 0 aliphatic carbocycles. The fourth-order valence-electron chi connectivity index (χ4n) is 1.94. The molecule has 21 heavy (non-hydrogen) atoms. The van der Waals surface area contributed by atoms with E-state index in [2.05, 4.69) is 0 Å². The highest BCUT2D eigenvalue weighted by molar-refractivity contribution is 6.00. The molecule has 1 aromatic heterocycles.